The van der Waals surface area contributed by atoms with Crippen LogP contribution in [0.2, 0.25) is 0 Å². The second-order valence-corrected chi connectivity index (χ2v) is 9.36. The van der Waals surface area contributed by atoms with E-state index in [2.05, 4.69) is 20.9 Å². The maximum Gasteiger partial charge on any atom is 0.370 e. The topological polar surface area (TPSA) is 285 Å². The smallest absolute Gasteiger partial charge is 0.370 e. The van der Waals surface area contributed by atoms with E-state index in [1.165, 1.54) is 19.1 Å². The minimum atomic E-state index is -1.33. The van der Waals surface area contributed by atoms with E-state index in [4.69, 9.17) is 26.0 Å². The van der Waals surface area contributed by atoms with Crippen LogP contribution in [0.1, 0.15) is 32.6 Å². The van der Waals surface area contributed by atoms with Gasteiger partial charge in [0.05, 0.1) is 24.3 Å². The van der Waals surface area contributed by atoms with Crippen LogP contribution in [0.15, 0.2) is 28.7 Å². The number of carbonyl (C=O) groups excluding carboxylic acids is 3. The fraction of sp³-hybridized carbons (Fsp3) is 0.565. The third-order valence-electron chi connectivity index (χ3n) is 5.91. The zero-order valence-corrected chi connectivity index (χ0v) is 22.2. The molecule has 0 aliphatic carbocycles. The van der Waals surface area contributed by atoms with Crippen molar-refractivity contribution in [2.75, 3.05) is 13.1 Å². The van der Waals surface area contributed by atoms with Gasteiger partial charge < -0.3 is 57.3 Å². The second-order valence-electron chi connectivity index (χ2n) is 9.36. The largest absolute Gasteiger partial charge is 0.483 e. The first kappa shape index (κ1) is 32.9. The number of nitrogens with two attached hydrogens (primary N) is 2. The van der Waals surface area contributed by atoms with Gasteiger partial charge in [-0.05, 0) is 25.0 Å². The number of aliphatic imine (C=N–C) groups is 1. The van der Waals surface area contributed by atoms with E-state index in [9.17, 15) is 39.3 Å². The summed E-state index contributed by atoms with van der Waals surface area (Å²) in [6.07, 6.45) is -1.56. The molecule has 2 aliphatic heterocycles. The number of nitrogens with one attached hydrogen (secondary N) is 3. The SMILES string of the molecule is CC(=O)N[C@@H]1CC=C(C(=O)O)O[C@H]1[C@H](O)CCNC(=O)[B]C(=O)NC[C@@H](O)CC1C[C@@H](N=C(N)N)C=C(C(=O)O)O1. The number of aliphatic carboxylic acids is 2. The van der Waals surface area contributed by atoms with Gasteiger partial charge in [0, 0.05) is 32.9 Å². The molecule has 2 aliphatic rings. The van der Waals surface area contributed by atoms with Gasteiger partial charge in [-0.25, -0.2) is 14.6 Å². The Hall–Kier alpha value is -4.32. The Kier molecular flexibility index (Phi) is 12.4. The molecular weight excluding hydrogens is 547 g/mol. The molecule has 0 bridgehead atoms. The predicted octanol–water partition coefficient (Wildman–Crippen LogP) is -2.73. The van der Waals surface area contributed by atoms with Crippen LogP contribution in [-0.4, -0.2) is 113 Å². The van der Waals surface area contributed by atoms with E-state index in [1.807, 2.05) is 0 Å². The molecule has 0 aromatic heterocycles. The minimum Gasteiger partial charge on any atom is -0.483 e. The van der Waals surface area contributed by atoms with Crippen LogP contribution in [0.25, 0.3) is 0 Å². The third kappa shape index (κ3) is 11.4. The molecule has 0 aromatic rings. The summed E-state index contributed by atoms with van der Waals surface area (Å²) in [6.45, 7) is 0.879. The Morgan fingerprint density at radius 2 is 1.73 bits per heavy atom. The van der Waals surface area contributed by atoms with Gasteiger partial charge in [0.2, 0.25) is 17.4 Å². The van der Waals surface area contributed by atoms with Crippen molar-refractivity contribution in [2.45, 2.75) is 69.1 Å². The molecule has 225 valence electrons. The highest BCUT2D eigenvalue weighted by atomic mass is 16.5. The van der Waals surface area contributed by atoms with Crippen LogP contribution in [0.5, 0.6) is 0 Å². The van der Waals surface area contributed by atoms with Crippen molar-refractivity contribution in [1.29, 1.82) is 0 Å². The highest BCUT2D eigenvalue weighted by Gasteiger charge is 2.35. The van der Waals surface area contributed by atoms with Crippen molar-refractivity contribution < 1.29 is 53.9 Å². The number of nitrogens with zero attached hydrogens (tertiary/aromatic N) is 1. The van der Waals surface area contributed by atoms with Crippen molar-refractivity contribution in [2.24, 2.45) is 16.5 Å². The van der Waals surface area contributed by atoms with Gasteiger partial charge in [-0.15, -0.1) is 0 Å². The first-order chi connectivity index (χ1) is 19.2. The molecule has 3 amide bonds. The highest BCUT2D eigenvalue weighted by Crippen LogP contribution is 2.24. The van der Waals surface area contributed by atoms with Crippen LogP contribution in [0.4, 0.5) is 9.59 Å². The normalized spacial score (nSPS) is 23.1. The van der Waals surface area contributed by atoms with Crippen molar-refractivity contribution in [3.8, 4) is 0 Å². The van der Waals surface area contributed by atoms with Gasteiger partial charge in [-0.3, -0.25) is 14.4 Å². The van der Waals surface area contributed by atoms with E-state index in [0.717, 1.165) is 0 Å². The first-order valence-electron chi connectivity index (χ1n) is 12.6. The van der Waals surface area contributed by atoms with Gasteiger partial charge >= 0.3 is 19.2 Å². The molecule has 18 heteroatoms. The van der Waals surface area contributed by atoms with E-state index < -0.39 is 66.0 Å². The quantitative estimate of drug-likeness (QED) is 0.0573. The summed E-state index contributed by atoms with van der Waals surface area (Å²) in [5.41, 5.74) is 10.7. The number of amides is 3. The molecule has 0 saturated heterocycles. The average molecular weight is 581 g/mol. The van der Waals surface area contributed by atoms with E-state index in [0.29, 0.717) is 7.28 Å². The van der Waals surface area contributed by atoms with Crippen molar-refractivity contribution >= 4 is 42.7 Å². The second kappa shape index (κ2) is 15.5. The molecule has 0 saturated carbocycles. The maximum atomic E-state index is 12.1. The van der Waals surface area contributed by atoms with Crippen LogP contribution in [0, 0.1) is 0 Å². The molecule has 17 nitrogen and oxygen atoms in total. The molecule has 2 rings (SSSR count). The van der Waals surface area contributed by atoms with E-state index in [-0.39, 0.29) is 56.3 Å². The minimum absolute atomic E-state index is 0.0625. The predicted molar refractivity (Wildman–Crippen MR) is 141 cm³/mol. The fourth-order valence-corrected chi connectivity index (χ4v) is 4.19. The molecule has 6 atom stereocenters. The maximum absolute atomic E-state index is 12.1. The molecule has 11 N–H and O–H groups in total. The van der Waals surface area contributed by atoms with Gasteiger partial charge in [0.15, 0.2) is 17.6 Å². The monoisotopic (exact) mass is 581 g/mol. The summed E-state index contributed by atoms with van der Waals surface area (Å²) < 4.78 is 10.7. The fourth-order valence-electron chi connectivity index (χ4n) is 4.19. The molecule has 0 aromatic carbocycles. The lowest BCUT2D eigenvalue weighted by molar-refractivity contribution is -0.141. The highest BCUT2D eigenvalue weighted by molar-refractivity contribution is 6.96. The number of carbonyl (C=O) groups is 5. The number of rotatable bonds is 14. The summed E-state index contributed by atoms with van der Waals surface area (Å²) in [7, 11) is 0.693. The number of ether oxygens (including phenoxy) is 2. The molecule has 41 heavy (non-hydrogen) atoms. The van der Waals surface area contributed by atoms with Crippen molar-refractivity contribution in [3.05, 3.63) is 23.7 Å². The Labute approximate surface area is 235 Å². The number of carboxylic acids is 2. The summed E-state index contributed by atoms with van der Waals surface area (Å²) >= 11 is 0. The Morgan fingerprint density at radius 1 is 1.07 bits per heavy atom. The Morgan fingerprint density at radius 3 is 2.34 bits per heavy atom. The third-order valence-corrected chi connectivity index (χ3v) is 5.91. The number of aliphatic hydroxyl groups is 2. The molecule has 0 spiro atoms. The lowest BCUT2D eigenvalue weighted by atomic mass is 9.76. The molecule has 0 fully saturated rings. The standard InChI is InChI=1S/C23H34BN6O11/c1-10(31)29-14-2-3-16(19(34)35)41-18(14)15(33)4-5-27-21(38)24-22(39)28-9-12(32)8-13-6-11(30-23(25)26)7-17(40-13)20(36)37/h3,7,11-15,18,32-33H,2,4-6,8-9H2,1H3,(H,27,38)(H,28,39)(H,29,31)(H,34,35)(H,36,37)(H4,25,26,30)/t11-,12+,13?,14-,15-,18-/m1/s1. The average Bonchev–Trinajstić information content (AvgIpc) is 2.86. The molecule has 1 radical (unpaired) electrons. The number of hydrogen-bond acceptors (Lipinski definition) is 10. The number of aliphatic hydroxyl groups excluding tert-OH is 2. The van der Waals surface area contributed by atoms with E-state index in [1.54, 1.807) is 0 Å². The summed E-state index contributed by atoms with van der Waals surface area (Å²) in [6, 6.07) is -1.35. The first-order valence-corrected chi connectivity index (χ1v) is 12.6. The number of carboxylic acid groups (broad SMARTS) is 2. The zero-order valence-electron chi connectivity index (χ0n) is 22.2. The summed E-state index contributed by atoms with van der Waals surface area (Å²) in [5.74, 6) is -5.66. The Bertz CT molecular complexity index is 1090. The van der Waals surface area contributed by atoms with Crippen molar-refractivity contribution in [1.82, 2.24) is 16.0 Å². The summed E-state index contributed by atoms with van der Waals surface area (Å²) in [5, 5.41) is 46.4. The molecular formula is C23H34BN6O11. The van der Waals surface area contributed by atoms with E-state index >= 15 is 0 Å². The lowest BCUT2D eigenvalue weighted by Crippen LogP contribution is -2.51. The van der Waals surface area contributed by atoms with Crippen LogP contribution < -0.4 is 27.4 Å². The van der Waals surface area contributed by atoms with Gasteiger partial charge in [-0.1, -0.05) is 0 Å². The Balaban J connectivity index is 1.75. The lowest BCUT2D eigenvalue weighted by Gasteiger charge is -2.34. The number of hydrogen-bond donors (Lipinski definition) is 9. The van der Waals surface area contributed by atoms with Gasteiger partial charge in [-0.2, -0.15) is 0 Å². The molecule has 1 unspecified atom stereocenters. The van der Waals surface area contributed by atoms with Crippen LogP contribution >= 0.6 is 0 Å². The summed E-state index contributed by atoms with van der Waals surface area (Å²) in [4.78, 5) is 62.0. The van der Waals surface area contributed by atoms with Crippen LogP contribution in [0.3, 0.4) is 0 Å². The van der Waals surface area contributed by atoms with Crippen LogP contribution in [-0.2, 0) is 23.9 Å². The number of guanidine groups is 1. The zero-order chi connectivity index (χ0) is 30.7. The van der Waals surface area contributed by atoms with Gasteiger partial charge in [0.25, 0.3) is 0 Å². The van der Waals surface area contributed by atoms with Gasteiger partial charge in [0.1, 0.15) is 12.2 Å². The van der Waals surface area contributed by atoms with Crippen molar-refractivity contribution in [3.63, 3.8) is 0 Å². The molecule has 2 heterocycles.